The van der Waals surface area contributed by atoms with Crippen LogP contribution in [0.5, 0.6) is 17.2 Å². The van der Waals surface area contributed by atoms with Crippen molar-refractivity contribution in [2.75, 3.05) is 0 Å². The molecule has 2 heterocycles. The standard InChI is InChI=1S/C12H10O.2C11H11NO.Al/c13-12-8-6-11(7-9-12)10-4-2-1-3-5-10;2*1-7-6-8(2)12-11-9(7)4-3-5-10(11)13;/h1-9,13H;2*3-6,13H,1-2H3;. The molecule has 6 heteroatoms. The number of hydrogen-bond donors (Lipinski definition) is 3. The second kappa shape index (κ2) is 13.6. The minimum Gasteiger partial charge on any atom is -0.508 e. The van der Waals surface area contributed by atoms with Gasteiger partial charge < -0.3 is 15.3 Å². The summed E-state index contributed by atoms with van der Waals surface area (Å²) in [7, 11) is 0. The zero-order valence-corrected chi connectivity index (χ0v) is 24.3. The number of rotatable bonds is 1. The van der Waals surface area contributed by atoms with Crippen LogP contribution in [0.25, 0.3) is 32.9 Å². The number of phenols is 3. The summed E-state index contributed by atoms with van der Waals surface area (Å²) in [6.45, 7) is 7.91. The molecule has 0 unspecified atom stereocenters. The molecule has 6 rings (SSSR count). The Morgan fingerprint density at radius 1 is 0.475 bits per heavy atom. The molecule has 0 atom stereocenters. The van der Waals surface area contributed by atoms with Gasteiger partial charge in [-0.1, -0.05) is 66.7 Å². The summed E-state index contributed by atoms with van der Waals surface area (Å²) in [5.41, 5.74) is 7.86. The maximum atomic E-state index is 9.56. The lowest BCUT2D eigenvalue weighted by Crippen LogP contribution is -1.87. The van der Waals surface area contributed by atoms with Crippen LogP contribution in [-0.2, 0) is 0 Å². The van der Waals surface area contributed by atoms with Crippen molar-refractivity contribution < 1.29 is 15.3 Å². The van der Waals surface area contributed by atoms with Crippen LogP contribution in [-0.4, -0.2) is 42.6 Å². The Morgan fingerprint density at radius 3 is 1.35 bits per heavy atom. The zero-order chi connectivity index (χ0) is 27.9. The fourth-order valence-corrected chi connectivity index (χ4v) is 4.42. The minimum absolute atomic E-state index is 0. The maximum Gasteiger partial charge on any atom is 0.141 e. The summed E-state index contributed by atoms with van der Waals surface area (Å²) in [5, 5.41) is 30.3. The molecule has 40 heavy (non-hydrogen) atoms. The van der Waals surface area contributed by atoms with Gasteiger partial charge in [0.25, 0.3) is 0 Å². The van der Waals surface area contributed by atoms with E-state index in [0.717, 1.165) is 38.9 Å². The van der Waals surface area contributed by atoms with Gasteiger partial charge in [-0.2, -0.15) is 0 Å². The molecule has 0 saturated carbocycles. The SMILES string of the molecule is Cc1cc(C)c2cccc(O)c2n1.Cc1cc(C)c2cccc(O)c2n1.Oc1ccc(-c2ccccc2)cc1.[Al]. The molecule has 0 amide bonds. The fraction of sp³-hybridized carbons (Fsp3) is 0.118. The predicted octanol–water partition coefficient (Wildman–Crippen LogP) is 7.79. The van der Waals surface area contributed by atoms with Crippen LogP contribution in [0.3, 0.4) is 0 Å². The maximum absolute atomic E-state index is 9.56. The molecule has 4 aromatic carbocycles. The van der Waals surface area contributed by atoms with Gasteiger partial charge in [0.05, 0.1) is 0 Å². The number of nitrogens with zero attached hydrogens (tertiary/aromatic N) is 2. The largest absolute Gasteiger partial charge is 0.508 e. The zero-order valence-electron chi connectivity index (χ0n) is 23.1. The van der Waals surface area contributed by atoms with E-state index >= 15 is 0 Å². The van der Waals surface area contributed by atoms with Gasteiger partial charge in [-0.15, -0.1) is 0 Å². The van der Waals surface area contributed by atoms with Gasteiger partial charge in [-0.3, -0.25) is 0 Å². The van der Waals surface area contributed by atoms with E-state index in [2.05, 4.69) is 9.97 Å². The molecular formula is C34H32AlN2O3. The van der Waals surface area contributed by atoms with Crippen LogP contribution < -0.4 is 0 Å². The highest BCUT2D eigenvalue weighted by Gasteiger charge is 2.04. The van der Waals surface area contributed by atoms with Crippen LogP contribution in [0.15, 0.2) is 103 Å². The van der Waals surface area contributed by atoms with Crippen molar-refractivity contribution in [3.8, 4) is 28.4 Å². The van der Waals surface area contributed by atoms with E-state index in [9.17, 15) is 10.2 Å². The summed E-state index contributed by atoms with van der Waals surface area (Å²) >= 11 is 0. The monoisotopic (exact) mass is 543 g/mol. The van der Waals surface area contributed by atoms with E-state index in [-0.39, 0.29) is 28.9 Å². The third kappa shape index (κ3) is 7.39. The number of phenolic OH excluding ortho intramolecular Hbond substituents is 3. The summed E-state index contributed by atoms with van der Waals surface area (Å²) < 4.78 is 0. The van der Waals surface area contributed by atoms with Gasteiger partial charge in [0, 0.05) is 39.5 Å². The number of aryl methyl sites for hydroxylation is 4. The molecule has 199 valence electrons. The predicted molar refractivity (Wildman–Crippen MR) is 165 cm³/mol. The first-order chi connectivity index (χ1) is 18.7. The van der Waals surface area contributed by atoms with Crippen molar-refractivity contribution >= 4 is 39.2 Å². The Hall–Kier alpha value is -4.37. The van der Waals surface area contributed by atoms with Crippen LogP contribution in [0.2, 0.25) is 0 Å². The highest BCUT2D eigenvalue weighted by Crippen LogP contribution is 2.26. The molecular weight excluding hydrogens is 511 g/mol. The third-order valence-electron chi connectivity index (χ3n) is 6.28. The molecule has 0 aliphatic heterocycles. The smallest absolute Gasteiger partial charge is 0.141 e. The average molecular weight is 544 g/mol. The molecule has 0 spiro atoms. The molecule has 0 aliphatic rings. The molecule has 5 nitrogen and oxygen atoms in total. The molecule has 3 N–H and O–H groups in total. The minimum atomic E-state index is 0. The van der Waals surface area contributed by atoms with Crippen LogP contribution in [0, 0.1) is 27.7 Å². The summed E-state index contributed by atoms with van der Waals surface area (Å²) in [5.74, 6) is 0.813. The van der Waals surface area contributed by atoms with Gasteiger partial charge >= 0.3 is 0 Å². The molecule has 0 aliphatic carbocycles. The number of pyridine rings is 2. The highest BCUT2D eigenvalue weighted by molar-refractivity contribution is 5.87. The average Bonchev–Trinajstić information content (AvgIpc) is 2.92. The van der Waals surface area contributed by atoms with Gasteiger partial charge in [0.1, 0.15) is 28.3 Å². The number of aromatic hydroxyl groups is 3. The number of para-hydroxylation sites is 2. The van der Waals surface area contributed by atoms with E-state index in [0.29, 0.717) is 16.8 Å². The Kier molecular flexibility index (Phi) is 10.3. The summed E-state index contributed by atoms with van der Waals surface area (Å²) in [6.07, 6.45) is 0. The number of aromatic nitrogens is 2. The lowest BCUT2D eigenvalue weighted by molar-refractivity contribution is 0.475. The van der Waals surface area contributed by atoms with Crippen molar-refractivity contribution in [3.63, 3.8) is 0 Å². The fourth-order valence-electron chi connectivity index (χ4n) is 4.42. The van der Waals surface area contributed by atoms with E-state index in [4.69, 9.17) is 5.11 Å². The van der Waals surface area contributed by atoms with Crippen molar-refractivity contribution in [3.05, 3.63) is 126 Å². The van der Waals surface area contributed by atoms with Gasteiger partial charge in [0.15, 0.2) is 0 Å². The molecule has 0 saturated heterocycles. The molecule has 6 aromatic rings. The van der Waals surface area contributed by atoms with Crippen molar-refractivity contribution in [2.24, 2.45) is 0 Å². The number of benzene rings is 4. The van der Waals surface area contributed by atoms with Crippen molar-refractivity contribution in [1.29, 1.82) is 0 Å². The quantitative estimate of drug-likeness (QED) is 0.184. The molecule has 2 aromatic heterocycles. The molecule has 0 fully saturated rings. The van der Waals surface area contributed by atoms with Crippen molar-refractivity contribution in [1.82, 2.24) is 9.97 Å². The highest BCUT2D eigenvalue weighted by atomic mass is 27.0. The van der Waals surface area contributed by atoms with Gasteiger partial charge in [0.2, 0.25) is 0 Å². The summed E-state index contributed by atoms with van der Waals surface area (Å²) in [4.78, 5) is 8.57. The Labute approximate surface area is 245 Å². The normalized spacial score (nSPS) is 10.1. The van der Waals surface area contributed by atoms with Crippen LogP contribution >= 0.6 is 0 Å². The first kappa shape index (κ1) is 30.2. The van der Waals surface area contributed by atoms with Crippen LogP contribution in [0.4, 0.5) is 0 Å². The lowest BCUT2D eigenvalue weighted by Gasteiger charge is -2.04. The second-order valence-electron chi connectivity index (χ2n) is 9.42. The third-order valence-corrected chi connectivity index (χ3v) is 6.28. The van der Waals surface area contributed by atoms with Crippen LogP contribution in [0.1, 0.15) is 22.5 Å². The Bertz CT molecular complexity index is 1630. The first-order valence-corrected chi connectivity index (χ1v) is 12.7. The van der Waals surface area contributed by atoms with Gasteiger partial charge in [-0.25, -0.2) is 9.97 Å². The van der Waals surface area contributed by atoms with E-state index in [1.54, 1.807) is 24.3 Å². The Balaban J connectivity index is 0.000000163. The molecule has 3 radical (unpaired) electrons. The Morgan fingerprint density at radius 2 is 0.900 bits per heavy atom. The van der Waals surface area contributed by atoms with Gasteiger partial charge in [-0.05, 0) is 86.3 Å². The molecule has 0 bridgehead atoms. The van der Waals surface area contributed by atoms with E-state index in [1.807, 2.05) is 107 Å². The number of hydrogen-bond acceptors (Lipinski definition) is 5. The lowest BCUT2D eigenvalue weighted by atomic mass is 10.1. The first-order valence-electron chi connectivity index (χ1n) is 12.7. The van der Waals surface area contributed by atoms with E-state index in [1.165, 1.54) is 5.56 Å². The summed E-state index contributed by atoms with van der Waals surface area (Å²) in [6, 6.07) is 32.3. The second-order valence-corrected chi connectivity index (χ2v) is 9.42. The van der Waals surface area contributed by atoms with Crippen molar-refractivity contribution in [2.45, 2.75) is 27.7 Å². The number of fused-ring (bicyclic) bond motifs is 2. The topological polar surface area (TPSA) is 86.5 Å². The van der Waals surface area contributed by atoms with E-state index < -0.39 is 0 Å².